The van der Waals surface area contributed by atoms with Gasteiger partial charge in [-0.3, -0.25) is 4.79 Å². The maximum absolute atomic E-state index is 12.8. The lowest BCUT2D eigenvalue weighted by Gasteiger charge is -2.19. The van der Waals surface area contributed by atoms with Crippen molar-refractivity contribution in [1.82, 2.24) is 4.31 Å². The van der Waals surface area contributed by atoms with Gasteiger partial charge in [-0.15, -0.1) is 0 Å². The van der Waals surface area contributed by atoms with Crippen LogP contribution in [0.2, 0.25) is 0 Å². The van der Waals surface area contributed by atoms with E-state index in [4.69, 9.17) is 4.74 Å². The van der Waals surface area contributed by atoms with Gasteiger partial charge < -0.3 is 10.1 Å². The normalized spacial score (nSPS) is 11.7. The largest absolute Gasteiger partial charge is 0.483 e. The van der Waals surface area contributed by atoms with Gasteiger partial charge in [-0.2, -0.15) is 4.31 Å². The summed E-state index contributed by atoms with van der Waals surface area (Å²) in [6.07, 6.45) is 0. The molecule has 0 fully saturated rings. The fourth-order valence-electron chi connectivity index (χ4n) is 3.18. The van der Waals surface area contributed by atoms with Crippen molar-refractivity contribution in [2.24, 2.45) is 0 Å². The van der Waals surface area contributed by atoms with Gasteiger partial charge in [0.15, 0.2) is 6.61 Å². The SMILES string of the molecule is CCN(CC)S(=O)(=O)c1ccc(C)c(NC(=O)COc2cc(C)ccc2C(C)C)c1. The predicted octanol–water partition coefficient (Wildman–Crippen LogP) is 4.47. The number of benzene rings is 2. The van der Waals surface area contributed by atoms with E-state index in [1.807, 2.05) is 32.0 Å². The number of aryl methyl sites for hydroxylation is 2. The number of sulfonamides is 1. The Labute approximate surface area is 180 Å². The molecule has 2 aromatic carbocycles. The standard InChI is InChI=1S/C23H32N2O4S/c1-7-25(8-2)30(27,28)19-11-10-18(6)21(14-19)24-23(26)15-29-22-13-17(5)9-12-20(22)16(3)4/h9-14,16H,7-8,15H2,1-6H3,(H,24,26). The van der Waals surface area contributed by atoms with Gasteiger partial charge >= 0.3 is 0 Å². The Hall–Kier alpha value is -2.38. The van der Waals surface area contributed by atoms with E-state index < -0.39 is 10.0 Å². The van der Waals surface area contributed by atoms with Crippen molar-refractivity contribution in [3.63, 3.8) is 0 Å². The van der Waals surface area contributed by atoms with E-state index in [1.54, 1.807) is 26.0 Å². The zero-order chi connectivity index (χ0) is 22.5. The summed E-state index contributed by atoms with van der Waals surface area (Å²) in [6.45, 7) is 12.1. The van der Waals surface area contributed by atoms with E-state index in [9.17, 15) is 13.2 Å². The highest BCUT2D eigenvalue weighted by Gasteiger charge is 2.22. The van der Waals surface area contributed by atoms with Crippen LogP contribution in [0.3, 0.4) is 0 Å². The molecule has 0 unspecified atom stereocenters. The van der Waals surface area contributed by atoms with Gasteiger partial charge in [-0.25, -0.2) is 8.42 Å². The Morgan fingerprint density at radius 2 is 1.73 bits per heavy atom. The van der Waals surface area contributed by atoms with Crippen molar-refractivity contribution in [3.8, 4) is 5.75 Å². The average Bonchev–Trinajstić information content (AvgIpc) is 2.68. The molecule has 7 heteroatoms. The zero-order valence-electron chi connectivity index (χ0n) is 18.7. The third-order valence-corrected chi connectivity index (χ3v) is 7.02. The van der Waals surface area contributed by atoms with E-state index >= 15 is 0 Å². The molecular formula is C23H32N2O4S. The second-order valence-corrected chi connectivity index (χ2v) is 9.54. The van der Waals surface area contributed by atoms with Gasteiger partial charge in [0.05, 0.1) is 4.90 Å². The summed E-state index contributed by atoms with van der Waals surface area (Å²) >= 11 is 0. The van der Waals surface area contributed by atoms with Crippen molar-refractivity contribution in [1.29, 1.82) is 0 Å². The lowest BCUT2D eigenvalue weighted by atomic mass is 10.0. The molecule has 0 bridgehead atoms. The number of amides is 1. The summed E-state index contributed by atoms with van der Waals surface area (Å²) in [5.41, 5.74) is 3.34. The summed E-state index contributed by atoms with van der Waals surface area (Å²) in [5.74, 6) is 0.620. The van der Waals surface area contributed by atoms with Gasteiger partial charge in [0.1, 0.15) is 5.75 Å². The Balaban J connectivity index is 2.17. The molecule has 0 aliphatic rings. The van der Waals surface area contributed by atoms with Gasteiger partial charge in [-0.1, -0.05) is 45.9 Å². The van der Waals surface area contributed by atoms with Gasteiger partial charge in [0.25, 0.3) is 5.91 Å². The number of anilines is 1. The molecule has 30 heavy (non-hydrogen) atoms. The first kappa shape index (κ1) is 23.9. The fraction of sp³-hybridized carbons (Fsp3) is 0.435. The highest BCUT2D eigenvalue weighted by Crippen LogP contribution is 2.28. The summed E-state index contributed by atoms with van der Waals surface area (Å²) in [5, 5.41) is 2.78. The molecule has 0 spiro atoms. The molecule has 2 rings (SSSR count). The highest BCUT2D eigenvalue weighted by molar-refractivity contribution is 7.89. The molecule has 0 saturated heterocycles. The van der Waals surface area contributed by atoms with Crippen molar-refractivity contribution < 1.29 is 17.9 Å². The third kappa shape index (κ3) is 5.61. The molecule has 1 N–H and O–H groups in total. The summed E-state index contributed by atoms with van der Waals surface area (Å²) in [7, 11) is -3.60. The highest BCUT2D eigenvalue weighted by atomic mass is 32.2. The number of hydrogen-bond acceptors (Lipinski definition) is 4. The molecule has 2 aromatic rings. The van der Waals surface area contributed by atoms with E-state index in [-0.39, 0.29) is 23.3 Å². The summed E-state index contributed by atoms with van der Waals surface area (Å²) < 4.78 is 32.7. The Bertz CT molecular complexity index is 996. The van der Waals surface area contributed by atoms with E-state index in [2.05, 4.69) is 19.2 Å². The molecule has 0 heterocycles. The minimum Gasteiger partial charge on any atom is -0.483 e. The zero-order valence-corrected chi connectivity index (χ0v) is 19.5. The van der Waals surface area contributed by atoms with E-state index in [0.717, 1.165) is 16.7 Å². The van der Waals surface area contributed by atoms with E-state index in [1.165, 1.54) is 10.4 Å². The van der Waals surface area contributed by atoms with Crippen LogP contribution in [0.25, 0.3) is 0 Å². The second kappa shape index (κ2) is 10.1. The first-order valence-corrected chi connectivity index (χ1v) is 11.7. The molecule has 164 valence electrons. The number of hydrogen-bond donors (Lipinski definition) is 1. The Morgan fingerprint density at radius 1 is 1.07 bits per heavy atom. The number of carbonyl (C=O) groups excluding carboxylic acids is 1. The minimum atomic E-state index is -3.60. The molecule has 0 aliphatic heterocycles. The quantitative estimate of drug-likeness (QED) is 0.634. The van der Waals surface area contributed by atoms with Crippen LogP contribution in [-0.2, 0) is 14.8 Å². The van der Waals surface area contributed by atoms with Crippen molar-refractivity contribution >= 4 is 21.6 Å². The number of carbonyl (C=O) groups is 1. The summed E-state index contributed by atoms with van der Waals surface area (Å²) in [4.78, 5) is 12.7. The lowest BCUT2D eigenvalue weighted by Crippen LogP contribution is -2.30. The Kier molecular flexibility index (Phi) is 8.03. The number of ether oxygens (including phenoxy) is 1. The summed E-state index contributed by atoms with van der Waals surface area (Å²) in [6, 6.07) is 10.7. The molecule has 0 atom stereocenters. The molecule has 0 aliphatic carbocycles. The number of nitrogens with one attached hydrogen (secondary N) is 1. The van der Waals surface area contributed by atoms with Crippen molar-refractivity contribution in [2.75, 3.05) is 25.0 Å². The molecular weight excluding hydrogens is 400 g/mol. The van der Waals surface area contributed by atoms with Gasteiger partial charge in [0.2, 0.25) is 10.0 Å². The fourth-order valence-corrected chi connectivity index (χ4v) is 4.67. The molecule has 0 radical (unpaired) electrons. The molecule has 0 saturated carbocycles. The first-order chi connectivity index (χ1) is 14.1. The average molecular weight is 433 g/mol. The minimum absolute atomic E-state index is 0.157. The van der Waals surface area contributed by atoms with E-state index in [0.29, 0.717) is 24.5 Å². The number of nitrogens with zero attached hydrogens (tertiary/aromatic N) is 1. The topological polar surface area (TPSA) is 75.7 Å². The smallest absolute Gasteiger partial charge is 0.262 e. The molecule has 1 amide bonds. The van der Waals surface area contributed by atoms with Crippen LogP contribution in [0.5, 0.6) is 5.75 Å². The lowest BCUT2D eigenvalue weighted by molar-refractivity contribution is -0.118. The second-order valence-electron chi connectivity index (χ2n) is 7.60. The van der Waals surface area contributed by atoms with Crippen LogP contribution in [-0.4, -0.2) is 38.3 Å². The van der Waals surface area contributed by atoms with Crippen molar-refractivity contribution in [3.05, 3.63) is 53.1 Å². The third-order valence-electron chi connectivity index (χ3n) is 4.98. The van der Waals surface area contributed by atoms with Crippen LogP contribution < -0.4 is 10.1 Å². The maximum Gasteiger partial charge on any atom is 0.262 e. The predicted molar refractivity (Wildman–Crippen MR) is 121 cm³/mol. The van der Waals surface area contributed by atoms with Crippen LogP contribution in [0.15, 0.2) is 41.3 Å². The van der Waals surface area contributed by atoms with Crippen LogP contribution in [0, 0.1) is 13.8 Å². The molecule has 0 aromatic heterocycles. The van der Waals surface area contributed by atoms with Crippen LogP contribution in [0.1, 0.15) is 50.3 Å². The van der Waals surface area contributed by atoms with Gasteiger partial charge in [-0.05, 0) is 54.7 Å². The monoisotopic (exact) mass is 432 g/mol. The number of rotatable bonds is 9. The van der Waals surface area contributed by atoms with Crippen LogP contribution in [0.4, 0.5) is 5.69 Å². The first-order valence-electron chi connectivity index (χ1n) is 10.2. The Morgan fingerprint density at radius 3 is 2.33 bits per heavy atom. The molecule has 6 nitrogen and oxygen atoms in total. The maximum atomic E-state index is 12.8. The van der Waals surface area contributed by atoms with Crippen LogP contribution >= 0.6 is 0 Å². The van der Waals surface area contributed by atoms with Gasteiger partial charge in [0, 0.05) is 18.8 Å². The van der Waals surface area contributed by atoms with Crippen molar-refractivity contribution in [2.45, 2.75) is 52.4 Å².